The monoisotopic (exact) mass is 407 g/mol. The van der Waals surface area contributed by atoms with Gasteiger partial charge >= 0.3 is 0 Å². The first kappa shape index (κ1) is 22.4. The molecule has 0 radical (unpaired) electrons. The summed E-state index contributed by atoms with van der Waals surface area (Å²) < 4.78 is 25.7. The van der Waals surface area contributed by atoms with Crippen molar-refractivity contribution in [3.8, 4) is 0 Å². The zero-order valence-corrected chi connectivity index (χ0v) is 18.7. The minimum absolute atomic E-state index is 0.287. The van der Waals surface area contributed by atoms with E-state index in [4.69, 9.17) is 0 Å². The minimum atomic E-state index is -3.60. The van der Waals surface area contributed by atoms with Gasteiger partial charge in [0.05, 0.1) is 11.9 Å². The lowest BCUT2D eigenvalue weighted by Crippen LogP contribution is -2.39. The van der Waals surface area contributed by atoms with Crippen molar-refractivity contribution in [2.75, 3.05) is 17.1 Å². The molecule has 1 amide bonds. The van der Waals surface area contributed by atoms with Crippen molar-refractivity contribution in [1.82, 2.24) is 5.43 Å². The zero-order chi connectivity index (χ0) is 21.1. The third-order valence-electron chi connectivity index (χ3n) is 5.66. The summed E-state index contributed by atoms with van der Waals surface area (Å²) in [6.07, 6.45) is 4.98. The maximum atomic E-state index is 12.4. The van der Waals surface area contributed by atoms with E-state index < -0.39 is 15.9 Å². The highest BCUT2D eigenvalue weighted by Crippen LogP contribution is 2.36. The summed E-state index contributed by atoms with van der Waals surface area (Å²) in [5.74, 6) is 0.226. The summed E-state index contributed by atoms with van der Waals surface area (Å²) in [6, 6.07) is 5.43. The molecule has 1 aliphatic rings. The zero-order valence-electron chi connectivity index (χ0n) is 17.9. The van der Waals surface area contributed by atoms with Crippen LogP contribution in [0.1, 0.15) is 57.6 Å². The number of hydrazone groups is 1. The third kappa shape index (κ3) is 5.80. The first-order chi connectivity index (χ1) is 12.9. The van der Waals surface area contributed by atoms with Crippen LogP contribution in [0.5, 0.6) is 0 Å². The molecule has 1 N–H and O–H groups in total. The van der Waals surface area contributed by atoms with Gasteiger partial charge in [-0.05, 0) is 68.1 Å². The Morgan fingerprint density at radius 2 is 1.82 bits per heavy atom. The van der Waals surface area contributed by atoms with Crippen LogP contribution >= 0.6 is 0 Å². The second kappa shape index (κ2) is 8.64. The van der Waals surface area contributed by atoms with Gasteiger partial charge in [0.1, 0.15) is 6.54 Å². The summed E-state index contributed by atoms with van der Waals surface area (Å²) in [6.45, 7) is 10.3. The first-order valence-electron chi connectivity index (χ1n) is 9.78. The van der Waals surface area contributed by atoms with Crippen LogP contribution in [0.3, 0.4) is 0 Å². The van der Waals surface area contributed by atoms with Crippen molar-refractivity contribution in [3.63, 3.8) is 0 Å². The van der Waals surface area contributed by atoms with Crippen LogP contribution in [0.2, 0.25) is 0 Å². The fourth-order valence-electron chi connectivity index (χ4n) is 3.62. The molecule has 1 fully saturated rings. The standard InChI is InChI=1S/C21H33N3O3S/c1-15-8-7-9-19(16(15)2)24(28(6,26)27)14-20(25)23-22-18-12-10-17(11-13-18)21(3,4)5/h7-9,17H,10-14H2,1-6H3,(H,23,25). The number of hydrogen-bond donors (Lipinski definition) is 1. The summed E-state index contributed by atoms with van der Waals surface area (Å²) in [7, 11) is -3.60. The quantitative estimate of drug-likeness (QED) is 0.755. The van der Waals surface area contributed by atoms with Gasteiger partial charge < -0.3 is 0 Å². The Hall–Kier alpha value is -1.89. The number of sulfonamides is 1. The Bertz CT molecular complexity index is 844. The molecule has 0 saturated heterocycles. The van der Waals surface area contributed by atoms with Crippen molar-refractivity contribution in [3.05, 3.63) is 29.3 Å². The molecule has 1 aliphatic carbocycles. The number of carbonyl (C=O) groups excluding carboxylic acids is 1. The van der Waals surface area contributed by atoms with Crippen LogP contribution < -0.4 is 9.73 Å². The maximum Gasteiger partial charge on any atom is 0.260 e. The lowest BCUT2D eigenvalue weighted by Gasteiger charge is -2.34. The molecule has 0 bridgehead atoms. The molecule has 6 nitrogen and oxygen atoms in total. The SMILES string of the molecule is Cc1cccc(N(CC(=O)NN=C2CCC(C(C)(C)C)CC2)S(C)(=O)=O)c1C. The lowest BCUT2D eigenvalue weighted by molar-refractivity contribution is -0.119. The smallest absolute Gasteiger partial charge is 0.260 e. The maximum absolute atomic E-state index is 12.4. The molecule has 0 unspecified atom stereocenters. The van der Waals surface area contributed by atoms with E-state index in [-0.39, 0.29) is 12.0 Å². The second-order valence-corrected chi connectivity index (χ2v) is 10.7. The van der Waals surface area contributed by atoms with Gasteiger partial charge in [-0.1, -0.05) is 32.9 Å². The molecule has 0 spiro atoms. The molecular formula is C21H33N3O3S. The summed E-state index contributed by atoms with van der Waals surface area (Å²) in [5.41, 5.74) is 6.16. The van der Waals surface area contributed by atoms with Gasteiger partial charge in [-0.15, -0.1) is 0 Å². The number of nitrogens with one attached hydrogen (secondary N) is 1. The Morgan fingerprint density at radius 1 is 1.21 bits per heavy atom. The number of aryl methyl sites for hydroxylation is 1. The van der Waals surface area contributed by atoms with Crippen LogP contribution in [-0.4, -0.2) is 32.8 Å². The summed E-state index contributed by atoms with van der Waals surface area (Å²) in [4.78, 5) is 12.4. The van der Waals surface area contributed by atoms with Gasteiger partial charge in [0.2, 0.25) is 10.0 Å². The molecule has 0 heterocycles. The van der Waals surface area contributed by atoms with E-state index in [1.54, 1.807) is 12.1 Å². The first-order valence-corrected chi connectivity index (χ1v) is 11.6. The number of rotatable bonds is 5. The number of carbonyl (C=O) groups is 1. The number of anilines is 1. The Labute approximate surface area is 169 Å². The molecule has 2 rings (SSSR count). The van der Waals surface area contributed by atoms with Gasteiger partial charge in [-0.25, -0.2) is 13.8 Å². The molecular weight excluding hydrogens is 374 g/mol. The lowest BCUT2D eigenvalue weighted by atomic mass is 9.72. The molecule has 1 aromatic rings. The van der Waals surface area contributed by atoms with Crippen molar-refractivity contribution in [1.29, 1.82) is 0 Å². The van der Waals surface area contributed by atoms with E-state index in [1.807, 2.05) is 19.9 Å². The molecule has 28 heavy (non-hydrogen) atoms. The van der Waals surface area contributed by atoms with Crippen LogP contribution in [0.4, 0.5) is 5.69 Å². The largest absolute Gasteiger partial charge is 0.271 e. The molecule has 1 aromatic carbocycles. The number of amides is 1. The Morgan fingerprint density at radius 3 is 2.36 bits per heavy atom. The number of hydrogen-bond acceptors (Lipinski definition) is 4. The fraction of sp³-hybridized carbons (Fsp3) is 0.619. The second-order valence-electron chi connectivity index (χ2n) is 8.84. The molecule has 156 valence electrons. The molecule has 7 heteroatoms. The van der Waals surface area contributed by atoms with Crippen LogP contribution in [-0.2, 0) is 14.8 Å². The van der Waals surface area contributed by atoms with Crippen LogP contribution in [0.15, 0.2) is 23.3 Å². The third-order valence-corrected chi connectivity index (χ3v) is 6.78. The molecule has 0 aliphatic heterocycles. The van der Waals surface area contributed by atoms with E-state index in [9.17, 15) is 13.2 Å². The van der Waals surface area contributed by atoms with E-state index in [0.717, 1.165) is 53.1 Å². The fourth-order valence-corrected chi connectivity index (χ4v) is 4.53. The molecule has 0 aromatic heterocycles. The van der Waals surface area contributed by atoms with Gasteiger partial charge in [0, 0.05) is 5.71 Å². The Kier molecular flexibility index (Phi) is 6.91. The average molecular weight is 408 g/mol. The topological polar surface area (TPSA) is 78.8 Å². The average Bonchev–Trinajstić information content (AvgIpc) is 2.59. The normalized spacial score (nSPS) is 17.9. The van der Waals surface area contributed by atoms with Gasteiger partial charge in [-0.3, -0.25) is 9.10 Å². The highest BCUT2D eigenvalue weighted by molar-refractivity contribution is 7.92. The van der Waals surface area contributed by atoms with Gasteiger partial charge in [0.25, 0.3) is 5.91 Å². The van der Waals surface area contributed by atoms with Crippen molar-refractivity contribution < 1.29 is 13.2 Å². The van der Waals surface area contributed by atoms with Crippen molar-refractivity contribution in [2.24, 2.45) is 16.4 Å². The predicted molar refractivity (Wildman–Crippen MR) is 115 cm³/mol. The summed E-state index contributed by atoms with van der Waals surface area (Å²) >= 11 is 0. The van der Waals surface area contributed by atoms with E-state index in [1.165, 1.54) is 0 Å². The van der Waals surface area contributed by atoms with Gasteiger partial charge in [0.15, 0.2) is 0 Å². The van der Waals surface area contributed by atoms with E-state index in [2.05, 4.69) is 31.3 Å². The van der Waals surface area contributed by atoms with E-state index in [0.29, 0.717) is 11.6 Å². The highest BCUT2D eigenvalue weighted by Gasteiger charge is 2.28. The predicted octanol–water partition coefficient (Wildman–Crippen LogP) is 3.78. The van der Waals surface area contributed by atoms with Crippen LogP contribution in [0.25, 0.3) is 0 Å². The van der Waals surface area contributed by atoms with E-state index >= 15 is 0 Å². The van der Waals surface area contributed by atoms with Crippen molar-refractivity contribution >= 4 is 27.3 Å². The molecule has 0 atom stereocenters. The van der Waals surface area contributed by atoms with Gasteiger partial charge in [-0.2, -0.15) is 5.10 Å². The minimum Gasteiger partial charge on any atom is -0.271 e. The Balaban J connectivity index is 2.05. The number of benzene rings is 1. The van der Waals surface area contributed by atoms with Crippen LogP contribution in [0, 0.1) is 25.2 Å². The molecule has 1 saturated carbocycles. The summed E-state index contributed by atoms with van der Waals surface area (Å²) in [5, 5.41) is 4.26. The number of nitrogens with zero attached hydrogens (tertiary/aromatic N) is 2. The van der Waals surface area contributed by atoms with Crippen molar-refractivity contribution in [2.45, 2.75) is 60.3 Å². The highest BCUT2D eigenvalue weighted by atomic mass is 32.2.